The number of hydrogen-bond donors (Lipinski definition) is 2. The van der Waals surface area contributed by atoms with Gasteiger partial charge in [0.25, 0.3) is 10.0 Å². The van der Waals surface area contributed by atoms with Gasteiger partial charge in [0.15, 0.2) is 9.84 Å². The van der Waals surface area contributed by atoms with Crippen molar-refractivity contribution in [3.8, 4) is 0 Å². The summed E-state index contributed by atoms with van der Waals surface area (Å²) < 4.78 is 53.2. The molecule has 0 saturated heterocycles. The van der Waals surface area contributed by atoms with Crippen LogP contribution in [0.4, 0.5) is 0 Å². The van der Waals surface area contributed by atoms with Gasteiger partial charge in [-0.1, -0.05) is 55.8 Å². The van der Waals surface area contributed by atoms with Gasteiger partial charge in [-0.25, -0.2) is 16.8 Å². The quantitative estimate of drug-likeness (QED) is 0.325. The van der Waals surface area contributed by atoms with E-state index < -0.39 is 37.9 Å². The first kappa shape index (κ1) is 29.5. The average Bonchev–Trinajstić information content (AvgIpc) is 3.22. The fourth-order valence-corrected chi connectivity index (χ4v) is 7.29. The van der Waals surface area contributed by atoms with E-state index in [9.17, 15) is 21.6 Å². The number of aliphatic imine (C=N–C) groups is 1. The number of carbonyl (C=O) groups is 1. The molecule has 0 unspecified atom stereocenters. The summed E-state index contributed by atoms with van der Waals surface area (Å²) in [5.41, 5.74) is 1.23. The van der Waals surface area contributed by atoms with Gasteiger partial charge < -0.3 is 5.32 Å². The number of benzene rings is 2. The Balaban J connectivity index is 1.56. The third-order valence-electron chi connectivity index (χ3n) is 5.99. The van der Waals surface area contributed by atoms with Gasteiger partial charge in [0.05, 0.1) is 15.5 Å². The second kappa shape index (κ2) is 13.2. The minimum absolute atomic E-state index is 0.100. The zero-order chi connectivity index (χ0) is 28.6. The Morgan fingerprint density at radius 1 is 1.07 bits per heavy atom. The van der Waals surface area contributed by atoms with Crippen molar-refractivity contribution in [3.63, 3.8) is 0 Å². The average molecular weight is 599 g/mol. The minimum atomic E-state index is -3.78. The Kier molecular flexibility index (Phi) is 9.77. The lowest BCUT2D eigenvalue weighted by Crippen LogP contribution is -2.42. The number of nitrogens with one attached hydrogen (secondary N) is 2. The summed E-state index contributed by atoms with van der Waals surface area (Å²) in [6.07, 6.45) is 4.37. The van der Waals surface area contributed by atoms with Crippen LogP contribution in [0.25, 0.3) is 0 Å². The standard InChI is InChI=1S/C28H30N4O5S3/c1-2-10-21(16-18-39(34,35)23-12-4-3-5-13-23)30-28(33)25(20-38-19-22-11-8-9-17-29-22)31-27-24-14-6-7-15-26(24)40(36,37)32-27/h3-9,11-18,21,25H,2,10,19-20H2,1H3,(H,30,33)(H,31,32)/b18-16+/t21-,25-/m0/s1. The van der Waals surface area contributed by atoms with Crippen LogP contribution >= 0.6 is 11.8 Å². The van der Waals surface area contributed by atoms with Crippen LogP contribution in [0, 0.1) is 0 Å². The summed E-state index contributed by atoms with van der Waals surface area (Å²) in [6.45, 7) is 1.93. The summed E-state index contributed by atoms with van der Waals surface area (Å²) in [7, 11) is -7.47. The second-order valence-corrected chi connectivity index (χ2v) is 13.5. The lowest BCUT2D eigenvalue weighted by Gasteiger charge is -2.19. The molecule has 0 radical (unpaired) electrons. The number of amidine groups is 1. The Labute approximate surface area is 239 Å². The van der Waals surface area contributed by atoms with E-state index in [0.717, 1.165) is 11.1 Å². The molecule has 0 aliphatic carbocycles. The molecule has 0 fully saturated rings. The molecule has 4 rings (SSSR count). The Hall–Kier alpha value is -3.48. The van der Waals surface area contributed by atoms with E-state index in [4.69, 9.17) is 0 Å². The predicted molar refractivity (Wildman–Crippen MR) is 157 cm³/mol. The summed E-state index contributed by atoms with van der Waals surface area (Å²) in [5, 5.41) is 4.02. The van der Waals surface area contributed by atoms with Gasteiger partial charge >= 0.3 is 0 Å². The first-order valence-corrected chi connectivity index (χ1v) is 16.8. The number of aromatic nitrogens is 1. The highest BCUT2D eigenvalue weighted by molar-refractivity contribution is 7.98. The van der Waals surface area contributed by atoms with E-state index in [-0.39, 0.29) is 21.4 Å². The van der Waals surface area contributed by atoms with Crippen molar-refractivity contribution in [2.75, 3.05) is 5.75 Å². The van der Waals surface area contributed by atoms with Crippen molar-refractivity contribution in [2.45, 2.75) is 47.4 Å². The number of hydrogen-bond acceptors (Lipinski definition) is 8. The number of carbonyl (C=O) groups excluding carboxylic acids is 1. The molecule has 1 aromatic heterocycles. The van der Waals surface area contributed by atoms with Crippen molar-refractivity contribution in [2.24, 2.45) is 4.99 Å². The maximum Gasteiger partial charge on any atom is 0.263 e. The van der Waals surface area contributed by atoms with Gasteiger partial charge in [0, 0.05) is 34.7 Å². The fourth-order valence-electron chi connectivity index (χ4n) is 4.01. The van der Waals surface area contributed by atoms with E-state index in [0.29, 0.717) is 24.2 Å². The number of pyridine rings is 1. The molecule has 12 heteroatoms. The van der Waals surface area contributed by atoms with Crippen LogP contribution in [0.1, 0.15) is 31.0 Å². The van der Waals surface area contributed by atoms with Crippen molar-refractivity contribution in [3.05, 3.63) is 102 Å². The Morgan fingerprint density at radius 3 is 2.52 bits per heavy atom. The SMILES string of the molecule is CCC[C@@H](/C=C/S(=O)(=O)c1ccccc1)NC(=O)[C@H](CSCc1ccccn1)N=C1NS(=O)(=O)c2ccccc21. The molecule has 1 aliphatic heterocycles. The van der Waals surface area contributed by atoms with Gasteiger partial charge in [0.2, 0.25) is 5.91 Å². The van der Waals surface area contributed by atoms with Crippen molar-refractivity contribution < 1.29 is 21.6 Å². The van der Waals surface area contributed by atoms with Gasteiger partial charge in [-0.15, -0.1) is 0 Å². The normalized spacial score (nSPS) is 16.8. The van der Waals surface area contributed by atoms with Crippen molar-refractivity contribution in [1.82, 2.24) is 15.0 Å². The van der Waals surface area contributed by atoms with Crippen LogP contribution in [0.3, 0.4) is 0 Å². The molecule has 0 bridgehead atoms. The smallest absolute Gasteiger partial charge is 0.263 e. The first-order chi connectivity index (χ1) is 19.2. The summed E-state index contributed by atoms with van der Waals surface area (Å²) in [6, 6.07) is 18.6. The van der Waals surface area contributed by atoms with Gasteiger partial charge in [-0.05, 0) is 42.8 Å². The van der Waals surface area contributed by atoms with E-state index in [2.05, 4.69) is 20.0 Å². The molecule has 9 nitrogen and oxygen atoms in total. The van der Waals surface area contributed by atoms with E-state index in [1.54, 1.807) is 42.6 Å². The molecule has 3 aromatic rings. The van der Waals surface area contributed by atoms with Crippen molar-refractivity contribution >= 4 is 43.4 Å². The van der Waals surface area contributed by atoms with E-state index >= 15 is 0 Å². The number of amides is 1. The highest BCUT2D eigenvalue weighted by atomic mass is 32.2. The van der Waals surface area contributed by atoms with Crippen molar-refractivity contribution in [1.29, 1.82) is 0 Å². The monoisotopic (exact) mass is 598 g/mol. The van der Waals surface area contributed by atoms with Crippen LogP contribution in [-0.2, 0) is 30.4 Å². The fraction of sp³-hybridized carbons (Fsp3) is 0.250. The number of nitrogens with zero attached hydrogens (tertiary/aromatic N) is 2. The number of sulfone groups is 1. The van der Waals surface area contributed by atoms with E-state index in [1.807, 2.05) is 25.1 Å². The highest BCUT2D eigenvalue weighted by Gasteiger charge is 2.32. The molecule has 2 heterocycles. The van der Waals surface area contributed by atoms with Gasteiger partial charge in [-0.2, -0.15) is 11.8 Å². The largest absolute Gasteiger partial charge is 0.348 e. The molecule has 0 spiro atoms. The van der Waals surface area contributed by atoms with Crippen LogP contribution in [-0.4, -0.2) is 51.4 Å². The third kappa shape index (κ3) is 7.58. The lowest BCUT2D eigenvalue weighted by atomic mass is 10.1. The van der Waals surface area contributed by atoms with Crippen LogP contribution < -0.4 is 10.0 Å². The minimum Gasteiger partial charge on any atom is -0.348 e. The van der Waals surface area contributed by atoms with Crippen LogP contribution in [0.2, 0.25) is 0 Å². The topological polar surface area (TPSA) is 135 Å². The number of fused-ring (bicyclic) bond motifs is 1. The number of rotatable bonds is 12. The summed E-state index contributed by atoms with van der Waals surface area (Å²) in [4.78, 5) is 22.6. The Bertz CT molecular complexity index is 1590. The number of sulfonamides is 1. The molecule has 2 atom stereocenters. The molecule has 1 amide bonds. The van der Waals surface area contributed by atoms with Gasteiger partial charge in [0.1, 0.15) is 11.9 Å². The lowest BCUT2D eigenvalue weighted by molar-refractivity contribution is -0.122. The maximum atomic E-state index is 13.5. The first-order valence-electron chi connectivity index (χ1n) is 12.7. The Morgan fingerprint density at radius 2 is 1.80 bits per heavy atom. The molecule has 0 saturated carbocycles. The molecule has 2 aromatic carbocycles. The molecule has 1 aliphatic rings. The van der Waals surface area contributed by atoms with Crippen LogP contribution in [0.5, 0.6) is 0 Å². The highest BCUT2D eigenvalue weighted by Crippen LogP contribution is 2.23. The molecule has 40 heavy (non-hydrogen) atoms. The zero-order valence-electron chi connectivity index (χ0n) is 21.8. The van der Waals surface area contributed by atoms with Crippen LogP contribution in [0.15, 0.2) is 105 Å². The molecular formula is C28H30N4O5S3. The maximum absolute atomic E-state index is 13.5. The molecule has 2 N–H and O–H groups in total. The third-order valence-corrected chi connectivity index (χ3v) is 9.88. The molecule has 210 valence electrons. The second-order valence-electron chi connectivity index (χ2n) is 9.02. The summed E-state index contributed by atoms with van der Waals surface area (Å²) in [5.74, 6) is 0.444. The zero-order valence-corrected chi connectivity index (χ0v) is 24.3. The van der Waals surface area contributed by atoms with Gasteiger partial charge in [-0.3, -0.25) is 19.5 Å². The summed E-state index contributed by atoms with van der Waals surface area (Å²) >= 11 is 1.44. The molecular weight excluding hydrogens is 569 g/mol. The van der Waals surface area contributed by atoms with E-state index in [1.165, 1.54) is 36.0 Å². The predicted octanol–water partition coefficient (Wildman–Crippen LogP) is 3.69. The number of thioether (sulfide) groups is 1.